The number of benzene rings is 3. The minimum Gasteiger partial charge on any atom is -0.457 e. The van der Waals surface area contributed by atoms with Crippen LogP contribution in [-0.2, 0) is 6.42 Å². The molecule has 1 N–H and O–H groups in total. The van der Waals surface area contributed by atoms with Gasteiger partial charge in [-0.15, -0.1) is 0 Å². The maximum atomic E-state index is 6.39. The lowest BCUT2D eigenvalue weighted by Gasteiger charge is -2.37. The van der Waals surface area contributed by atoms with Gasteiger partial charge in [0.25, 0.3) is 0 Å². The Morgan fingerprint density at radius 3 is 2.49 bits per heavy atom. The molecular formula is C32H40N4O. The Bertz CT molecular complexity index is 1300. The number of hydrogen-bond acceptors (Lipinski definition) is 4. The van der Waals surface area contributed by atoms with Crippen molar-refractivity contribution in [2.75, 3.05) is 55.6 Å². The molecule has 4 aromatic rings. The highest BCUT2D eigenvalue weighted by atomic mass is 16.5. The van der Waals surface area contributed by atoms with E-state index in [1.165, 1.54) is 39.8 Å². The molecule has 2 heterocycles. The van der Waals surface area contributed by atoms with Gasteiger partial charge in [0.05, 0.1) is 0 Å². The topological polar surface area (TPSA) is 34.7 Å². The Morgan fingerprint density at radius 2 is 1.68 bits per heavy atom. The molecular weight excluding hydrogens is 456 g/mol. The highest BCUT2D eigenvalue weighted by Gasteiger charge is 2.20. The van der Waals surface area contributed by atoms with Crippen LogP contribution in [0, 0.1) is 6.92 Å². The third-order valence-electron chi connectivity index (χ3n) is 7.74. The van der Waals surface area contributed by atoms with E-state index >= 15 is 0 Å². The van der Waals surface area contributed by atoms with Gasteiger partial charge in [-0.05, 0) is 76.1 Å². The van der Waals surface area contributed by atoms with Gasteiger partial charge in [0, 0.05) is 79.4 Å². The zero-order valence-electron chi connectivity index (χ0n) is 22.5. The third kappa shape index (κ3) is 5.78. The van der Waals surface area contributed by atoms with Gasteiger partial charge >= 0.3 is 0 Å². The standard InChI is InChI=1S/C32H40N4O/c1-4-35(5-2)27-12-8-13-28(23-27)37-32-17-9-16-31(25(32)3)36-21-19-34(20-22-36)18-10-11-26-24-33-30-15-7-6-14-29(26)30/h6-9,12-17,23-24,33H,4-5,10-11,18-22H2,1-3H3. The number of para-hydroxylation sites is 1. The second-order valence-electron chi connectivity index (χ2n) is 9.96. The molecule has 0 unspecified atom stereocenters. The van der Waals surface area contributed by atoms with Gasteiger partial charge in [-0.25, -0.2) is 0 Å². The molecule has 0 atom stereocenters. The first kappa shape index (κ1) is 25.2. The van der Waals surface area contributed by atoms with Crippen LogP contribution in [0.5, 0.6) is 11.5 Å². The summed E-state index contributed by atoms with van der Waals surface area (Å²) in [7, 11) is 0. The fourth-order valence-electron chi connectivity index (χ4n) is 5.56. The first-order valence-corrected chi connectivity index (χ1v) is 13.8. The van der Waals surface area contributed by atoms with Crippen molar-refractivity contribution in [1.29, 1.82) is 0 Å². The minimum absolute atomic E-state index is 0.893. The normalized spacial score (nSPS) is 14.3. The van der Waals surface area contributed by atoms with Crippen LogP contribution in [0.15, 0.2) is 72.9 Å². The zero-order valence-corrected chi connectivity index (χ0v) is 22.5. The Labute approximate surface area is 221 Å². The summed E-state index contributed by atoms with van der Waals surface area (Å²) < 4.78 is 6.39. The summed E-state index contributed by atoms with van der Waals surface area (Å²) in [6.45, 7) is 14.0. The van der Waals surface area contributed by atoms with E-state index in [4.69, 9.17) is 4.74 Å². The highest BCUT2D eigenvalue weighted by Crippen LogP contribution is 2.33. The molecule has 0 spiro atoms. The lowest BCUT2D eigenvalue weighted by atomic mass is 10.1. The molecule has 1 aromatic heterocycles. The van der Waals surface area contributed by atoms with Gasteiger partial charge in [0.1, 0.15) is 11.5 Å². The maximum Gasteiger partial charge on any atom is 0.132 e. The predicted molar refractivity (Wildman–Crippen MR) is 157 cm³/mol. The summed E-state index contributed by atoms with van der Waals surface area (Å²) >= 11 is 0. The summed E-state index contributed by atoms with van der Waals surface area (Å²) in [5.74, 6) is 1.83. The number of aromatic nitrogens is 1. The number of piperazine rings is 1. The SMILES string of the molecule is CCN(CC)c1cccc(Oc2cccc(N3CCN(CCCc4c[nH]c5ccccc45)CC3)c2C)c1. The molecule has 1 aliphatic heterocycles. The number of nitrogens with zero attached hydrogens (tertiary/aromatic N) is 3. The van der Waals surface area contributed by atoms with Crippen molar-refractivity contribution >= 4 is 22.3 Å². The quantitative estimate of drug-likeness (QED) is 0.260. The molecule has 5 heteroatoms. The lowest BCUT2D eigenvalue weighted by Crippen LogP contribution is -2.46. The molecule has 0 radical (unpaired) electrons. The van der Waals surface area contributed by atoms with E-state index in [0.717, 1.165) is 63.7 Å². The third-order valence-corrected chi connectivity index (χ3v) is 7.74. The molecule has 0 amide bonds. The Balaban J connectivity index is 1.16. The monoisotopic (exact) mass is 496 g/mol. The maximum absolute atomic E-state index is 6.39. The molecule has 1 fully saturated rings. The summed E-state index contributed by atoms with van der Waals surface area (Å²) in [5, 5.41) is 1.37. The molecule has 5 nitrogen and oxygen atoms in total. The Morgan fingerprint density at radius 1 is 0.892 bits per heavy atom. The van der Waals surface area contributed by atoms with Crippen molar-refractivity contribution in [2.24, 2.45) is 0 Å². The second-order valence-corrected chi connectivity index (χ2v) is 9.96. The van der Waals surface area contributed by atoms with Crippen molar-refractivity contribution in [3.05, 3.63) is 84.1 Å². The number of anilines is 2. The summed E-state index contributed by atoms with van der Waals surface area (Å²) in [6.07, 6.45) is 4.50. The van der Waals surface area contributed by atoms with Gasteiger partial charge < -0.3 is 19.5 Å². The zero-order chi connectivity index (χ0) is 25.6. The molecule has 0 saturated carbocycles. The largest absolute Gasteiger partial charge is 0.457 e. The summed E-state index contributed by atoms with van der Waals surface area (Å²) in [5.41, 5.74) is 6.38. The van der Waals surface area contributed by atoms with Crippen molar-refractivity contribution < 1.29 is 4.74 Å². The number of rotatable bonds is 10. The van der Waals surface area contributed by atoms with Crippen LogP contribution >= 0.6 is 0 Å². The Hall–Kier alpha value is -3.44. The van der Waals surface area contributed by atoms with Gasteiger partial charge in [0.2, 0.25) is 0 Å². The van der Waals surface area contributed by atoms with Gasteiger partial charge in [-0.2, -0.15) is 0 Å². The Kier molecular flexibility index (Phi) is 8.00. The van der Waals surface area contributed by atoms with Crippen LogP contribution < -0.4 is 14.5 Å². The van der Waals surface area contributed by atoms with Gasteiger partial charge in [-0.1, -0.05) is 30.3 Å². The average Bonchev–Trinajstić information content (AvgIpc) is 3.34. The lowest BCUT2D eigenvalue weighted by molar-refractivity contribution is 0.255. The van der Waals surface area contributed by atoms with E-state index in [2.05, 4.69) is 107 Å². The molecule has 1 aliphatic rings. The second kappa shape index (κ2) is 11.7. The number of aromatic amines is 1. The first-order valence-electron chi connectivity index (χ1n) is 13.8. The molecule has 0 aliphatic carbocycles. The molecule has 3 aromatic carbocycles. The van der Waals surface area contributed by atoms with Gasteiger partial charge in [0.15, 0.2) is 0 Å². The van der Waals surface area contributed by atoms with Crippen LogP contribution in [0.1, 0.15) is 31.4 Å². The molecule has 0 bridgehead atoms. The van der Waals surface area contributed by atoms with Crippen LogP contribution in [0.3, 0.4) is 0 Å². The van der Waals surface area contributed by atoms with Gasteiger partial charge in [-0.3, -0.25) is 4.90 Å². The number of ether oxygens (including phenoxy) is 1. The number of H-pyrrole nitrogens is 1. The molecule has 1 saturated heterocycles. The van der Waals surface area contributed by atoms with E-state index in [9.17, 15) is 0 Å². The van der Waals surface area contributed by atoms with Crippen LogP contribution in [-0.4, -0.2) is 55.7 Å². The van der Waals surface area contributed by atoms with E-state index in [1.807, 2.05) is 6.07 Å². The van der Waals surface area contributed by atoms with Crippen LogP contribution in [0.4, 0.5) is 11.4 Å². The fraction of sp³-hybridized carbons (Fsp3) is 0.375. The van der Waals surface area contributed by atoms with E-state index in [-0.39, 0.29) is 0 Å². The van der Waals surface area contributed by atoms with E-state index in [0.29, 0.717) is 0 Å². The minimum atomic E-state index is 0.893. The van der Waals surface area contributed by atoms with Crippen molar-refractivity contribution in [1.82, 2.24) is 9.88 Å². The summed E-state index contributed by atoms with van der Waals surface area (Å²) in [4.78, 5) is 10.9. The fourth-order valence-corrected chi connectivity index (χ4v) is 5.56. The number of hydrogen-bond donors (Lipinski definition) is 1. The van der Waals surface area contributed by atoms with E-state index in [1.54, 1.807) is 0 Å². The van der Waals surface area contributed by atoms with Crippen LogP contribution in [0.25, 0.3) is 10.9 Å². The van der Waals surface area contributed by atoms with Crippen molar-refractivity contribution in [2.45, 2.75) is 33.6 Å². The first-order chi connectivity index (χ1) is 18.2. The van der Waals surface area contributed by atoms with Crippen molar-refractivity contribution in [3.8, 4) is 11.5 Å². The molecule has 194 valence electrons. The number of fused-ring (bicyclic) bond motifs is 1. The van der Waals surface area contributed by atoms with E-state index < -0.39 is 0 Å². The summed E-state index contributed by atoms with van der Waals surface area (Å²) in [6, 6.07) is 23.5. The highest BCUT2D eigenvalue weighted by molar-refractivity contribution is 5.83. The smallest absolute Gasteiger partial charge is 0.132 e. The van der Waals surface area contributed by atoms with Crippen molar-refractivity contribution in [3.63, 3.8) is 0 Å². The number of nitrogens with one attached hydrogen (secondary N) is 1. The molecule has 37 heavy (non-hydrogen) atoms. The number of aryl methyl sites for hydroxylation is 1. The predicted octanol–water partition coefficient (Wildman–Crippen LogP) is 6.87. The van der Waals surface area contributed by atoms with Crippen LogP contribution in [0.2, 0.25) is 0 Å². The molecule has 5 rings (SSSR count). The average molecular weight is 497 g/mol.